The third kappa shape index (κ3) is 5.89. The number of hydrogen-bond donors (Lipinski definition) is 0. The maximum absolute atomic E-state index is 13.2. The topological polar surface area (TPSA) is 79.4 Å². The standard InChI is InChI=1S/C29H35N3O5/c33-26(12-7-19-36-24-10-5-2-6-11-24)30-16-13-29(14-17-30)15-18-31(22-29)27(34)20-32-25(21-37-28(32)35)23-8-3-1-4-9-23/h1-6,8-11,25H,7,12-22H2. The number of piperidine rings is 1. The van der Waals surface area contributed by atoms with E-state index in [4.69, 9.17) is 9.47 Å². The summed E-state index contributed by atoms with van der Waals surface area (Å²) in [5.74, 6) is 0.970. The lowest BCUT2D eigenvalue weighted by Crippen LogP contribution is -2.46. The molecule has 3 aliphatic heterocycles. The minimum absolute atomic E-state index is 0.0319. The maximum atomic E-state index is 13.2. The molecule has 2 aromatic rings. The summed E-state index contributed by atoms with van der Waals surface area (Å²) in [5.41, 5.74) is 1.04. The molecule has 3 aliphatic rings. The number of likely N-dealkylation sites (tertiary alicyclic amines) is 2. The first-order valence-corrected chi connectivity index (χ1v) is 13.2. The second kappa shape index (κ2) is 11.2. The zero-order valence-corrected chi connectivity index (χ0v) is 21.2. The highest BCUT2D eigenvalue weighted by atomic mass is 16.6. The summed E-state index contributed by atoms with van der Waals surface area (Å²) >= 11 is 0. The normalized spacial score (nSPS) is 20.8. The van der Waals surface area contributed by atoms with Crippen molar-refractivity contribution in [2.75, 3.05) is 45.9 Å². The van der Waals surface area contributed by atoms with Gasteiger partial charge in [0.2, 0.25) is 11.8 Å². The number of cyclic esters (lactones) is 1. The van der Waals surface area contributed by atoms with Crippen LogP contribution in [0.2, 0.25) is 0 Å². The Labute approximate surface area is 218 Å². The van der Waals surface area contributed by atoms with Crippen LogP contribution in [-0.2, 0) is 14.3 Å². The van der Waals surface area contributed by atoms with Crippen LogP contribution in [0.5, 0.6) is 5.75 Å². The van der Waals surface area contributed by atoms with Crippen molar-refractivity contribution in [2.45, 2.75) is 38.1 Å². The summed E-state index contributed by atoms with van der Waals surface area (Å²) < 4.78 is 11.0. The second-order valence-corrected chi connectivity index (χ2v) is 10.3. The first-order valence-electron chi connectivity index (χ1n) is 13.2. The maximum Gasteiger partial charge on any atom is 0.410 e. The minimum Gasteiger partial charge on any atom is -0.494 e. The highest BCUT2D eigenvalue weighted by Crippen LogP contribution is 2.41. The van der Waals surface area contributed by atoms with E-state index < -0.39 is 6.09 Å². The van der Waals surface area contributed by atoms with Gasteiger partial charge in [0.05, 0.1) is 12.6 Å². The molecule has 5 rings (SSSR count). The first kappa shape index (κ1) is 25.1. The van der Waals surface area contributed by atoms with Gasteiger partial charge in [-0.05, 0) is 48.8 Å². The fourth-order valence-electron chi connectivity index (χ4n) is 5.70. The lowest BCUT2D eigenvalue weighted by Gasteiger charge is -2.39. The smallest absolute Gasteiger partial charge is 0.410 e. The number of ether oxygens (including phenoxy) is 2. The fraction of sp³-hybridized carbons (Fsp3) is 0.483. The molecule has 3 saturated heterocycles. The van der Waals surface area contributed by atoms with Gasteiger partial charge in [-0.15, -0.1) is 0 Å². The number of carbonyl (C=O) groups is 3. The van der Waals surface area contributed by atoms with E-state index in [1.807, 2.05) is 70.5 Å². The van der Waals surface area contributed by atoms with Crippen molar-refractivity contribution in [3.05, 3.63) is 66.2 Å². The Hall–Kier alpha value is -3.55. The highest BCUT2D eigenvalue weighted by Gasteiger charge is 2.44. The van der Waals surface area contributed by atoms with Crippen LogP contribution in [0.1, 0.15) is 43.7 Å². The van der Waals surface area contributed by atoms with Gasteiger partial charge >= 0.3 is 6.09 Å². The van der Waals surface area contributed by atoms with E-state index in [2.05, 4.69) is 0 Å². The van der Waals surface area contributed by atoms with E-state index in [9.17, 15) is 14.4 Å². The van der Waals surface area contributed by atoms with E-state index >= 15 is 0 Å². The Bertz CT molecular complexity index is 1090. The Morgan fingerprint density at radius 3 is 2.24 bits per heavy atom. The number of hydrogen-bond acceptors (Lipinski definition) is 5. The molecule has 0 radical (unpaired) electrons. The second-order valence-electron chi connectivity index (χ2n) is 10.3. The molecule has 1 unspecified atom stereocenters. The van der Waals surface area contributed by atoms with Gasteiger partial charge in [-0.1, -0.05) is 48.5 Å². The molecule has 8 heteroatoms. The molecule has 0 aromatic heterocycles. The molecule has 8 nitrogen and oxygen atoms in total. The Morgan fingerprint density at radius 1 is 0.892 bits per heavy atom. The molecule has 3 heterocycles. The predicted molar refractivity (Wildman–Crippen MR) is 138 cm³/mol. The van der Waals surface area contributed by atoms with Crippen molar-refractivity contribution < 1.29 is 23.9 Å². The average Bonchev–Trinajstić information content (AvgIpc) is 3.51. The number of rotatable bonds is 8. The van der Waals surface area contributed by atoms with Gasteiger partial charge in [0, 0.05) is 32.6 Å². The molecule has 0 aliphatic carbocycles. The molecule has 37 heavy (non-hydrogen) atoms. The van der Waals surface area contributed by atoms with Crippen molar-refractivity contribution >= 4 is 17.9 Å². The van der Waals surface area contributed by atoms with Gasteiger partial charge in [-0.25, -0.2) is 4.79 Å². The first-order chi connectivity index (χ1) is 18.0. The van der Waals surface area contributed by atoms with Gasteiger partial charge in [0.1, 0.15) is 18.9 Å². The van der Waals surface area contributed by atoms with Crippen molar-refractivity contribution in [1.82, 2.24) is 14.7 Å². The van der Waals surface area contributed by atoms with Crippen LogP contribution >= 0.6 is 0 Å². The summed E-state index contributed by atoms with van der Waals surface area (Å²) in [5, 5.41) is 0. The number of nitrogens with zero attached hydrogens (tertiary/aromatic N) is 3. The third-order valence-corrected chi connectivity index (χ3v) is 7.98. The summed E-state index contributed by atoms with van der Waals surface area (Å²) in [4.78, 5) is 43.6. The van der Waals surface area contributed by atoms with Crippen molar-refractivity contribution in [1.29, 1.82) is 0 Å². The van der Waals surface area contributed by atoms with Crippen LogP contribution in [-0.4, -0.2) is 78.5 Å². The molecule has 3 fully saturated rings. The van der Waals surface area contributed by atoms with Crippen molar-refractivity contribution in [3.8, 4) is 5.75 Å². The minimum atomic E-state index is -0.433. The van der Waals surface area contributed by atoms with Gasteiger partial charge < -0.3 is 19.3 Å². The molecule has 1 spiro atoms. The molecule has 1 atom stereocenters. The Kier molecular flexibility index (Phi) is 7.63. The SMILES string of the molecule is O=C(CCCOc1ccccc1)N1CCC2(CC1)CCN(C(=O)CN1C(=O)OCC1c1ccccc1)C2. The number of amides is 3. The van der Waals surface area contributed by atoms with Gasteiger partial charge in [-0.3, -0.25) is 14.5 Å². The summed E-state index contributed by atoms with van der Waals surface area (Å²) in [6.07, 6.45) is 3.50. The summed E-state index contributed by atoms with van der Waals surface area (Å²) in [7, 11) is 0. The van der Waals surface area contributed by atoms with E-state index in [1.165, 1.54) is 0 Å². The van der Waals surface area contributed by atoms with Crippen molar-refractivity contribution in [3.63, 3.8) is 0 Å². The average molecular weight is 506 g/mol. The zero-order chi connectivity index (χ0) is 25.7. The fourth-order valence-corrected chi connectivity index (χ4v) is 5.70. The summed E-state index contributed by atoms with van der Waals surface area (Å²) in [6.45, 7) is 3.68. The third-order valence-electron chi connectivity index (χ3n) is 7.98. The zero-order valence-electron chi connectivity index (χ0n) is 21.2. The molecule has 196 valence electrons. The Morgan fingerprint density at radius 2 is 1.54 bits per heavy atom. The van der Waals surface area contributed by atoms with Crippen LogP contribution in [0.25, 0.3) is 0 Å². The van der Waals surface area contributed by atoms with Gasteiger partial charge in [-0.2, -0.15) is 0 Å². The molecule has 0 bridgehead atoms. The molecule has 0 saturated carbocycles. The molecule has 3 amide bonds. The molecular weight excluding hydrogens is 470 g/mol. The lowest BCUT2D eigenvalue weighted by molar-refractivity contribution is -0.135. The van der Waals surface area contributed by atoms with Crippen LogP contribution < -0.4 is 4.74 Å². The Balaban J connectivity index is 1.06. The molecule has 0 N–H and O–H groups in total. The number of carbonyl (C=O) groups excluding carboxylic acids is 3. The van der Waals surface area contributed by atoms with E-state index in [0.29, 0.717) is 32.5 Å². The monoisotopic (exact) mass is 505 g/mol. The molecular formula is C29H35N3O5. The van der Waals surface area contributed by atoms with Crippen LogP contribution in [0.15, 0.2) is 60.7 Å². The van der Waals surface area contributed by atoms with Gasteiger partial charge in [0.15, 0.2) is 0 Å². The largest absolute Gasteiger partial charge is 0.494 e. The van der Waals surface area contributed by atoms with E-state index in [-0.39, 0.29) is 36.4 Å². The van der Waals surface area contributed by atoms with Crippen LogP contribution in [0, 0.1) is 5.41 Å². The van der Waals surface area contributed by atoms with E-state index in [0.717, 1.165) is 43.7 Å². The lowest BCUT2D eigenvalue weighted by atomic mass is 9.77. The van der Waals surface area contributed by atoms with Crippen molar-refractivity contribution in [2.24, 2.45) is 5.41 Å². The number of benzene rings is 2. The quantitative estimate of drug-likeness (QED) is 0.509. The van der Waals surface area contributed by atoms with E-state index in [1.54, 1.807) is 4.90 Å². The summed E-state index contributed by atoms with van der Waals surface area (Å²) in [6, 6.07) is 19.1. The van der Waals surface area contributed by atoms with Crippen LogP contribution in [0.4, 0.5) is 4.79 Å². The molecule has 2 aromatic carbocycles. The number of para-hydroxylation sites is 1. The van der Waals surface area contributed by atoms with Gasteiger partial charge in [0.25, 0.3) is 0 Å². The van der Waals surface area contributed by atoms with Crippen LogP contribution in [0.3, 0.4) is 0 Å². The predicted octanol–water partition coefficient (Wildman–Crippen LogP) is 3.88. The highest BCUT2D eigenvalue weighted by molar-refractivity contribution is 5.83.